The first-order valence-corrected chi connectivity index (χ1v) is 8.17. The Kier molecular flexibility index (Phi) is 4.42. The number of nitrogen functional groups attached to an aromatic ring is 1. The molecule has 1 aromatic carbocycles. The van der Waals surface area contributed by atoms with Crippen LogP contribution in [0.5, 0.6) is 0 Å². The molecule has 0 aliphatic carbocycles. The Hall–Kier alpha value is -1.83. The van der Waals surface area contributed by atoms with E-state index in [1.807, 2.05) is 20.8 Å². The zero-order valence-corrected chi connectivity index (χ0v) is 14.5. The van der Waals surface area contributed by atoms with Gasteiger partial charge in [0, 0.05) is 19.2 Å². The number of amides is 1. The Morgan fingerprint density at radius 1 is 1.29 bits per heavy atom. The molecular weight excluding hydrogens is 310 g/mol. The lowest BCUT2D eigenvalue weighted by atomic mass is 10.1. The predicted octanol–water partition coefficient (Wildman–Crippen LogP) is 1.35. The second kappa shape index (κ2) is 6.23. The predicted molar refractivity (Wildman–Crippen MR) is 90.9 cm³/mol. The molecule has 1 aromatic rings. The number of benzene rings is 1. The van der Waals surface area contributed by atoms with Crippen molar-refractivity contribution in [2.24, 2.45) is 0 Å². The van der Waals surface area contributed by atoms with E-state index in [0.29, 0.717) is 17.8 Å². The van der Waals surface area contributed by atoms with Gasteiger partial charge in [-0.15, -0.1) is 0 Å². The summed E-state index contributed by atoms with van der Waals surface area (Å²) in [5.41, 5.74) is 7.85. The van der Waals surface area contributed by atoms with E-state index in [1.54, 1.807) is 25.2 Å². The molecule has 1 amide bonds. The fourth-order valence-electron chi connectivity index (χ4n) is 3.28. The normalized spacial score (nSPS) is 30.8. The van der Waals surface area contributed by atoms with E-state index in [0.717, 1.165) is 5.69 Å². The van der Waals surface area contributed by atoms with Gasteiger partial charge in [0.2, 0.25) is 0 Å². The molecule has 4 atom stereocenters. The summed E-state index contributed by atoms with van der Waals surface area (Å²) in [5, 5.41) is 5.86. The number of hydrogen-bond donors (Lipinski definition) is 3. The summed E-state index contributed by atoms with van der Waals surface area (Å²) in [6.07, 6.45) is -0.296. The molecule has 2 aliphatic rings. The highest BCUT2D eigenvalue weighted by Gasteiger charge is 2.53. The molecule has 0 aromatic heterocycles. The van der Waals surface area contributed by atoms with Crippen LogP contribution in [0.3, 0.4) is 0 Å². The molecule has 2 aliphatic heterocycles. The maximum Gasteiger partial charge on any atom is 0.251 e. The molecular formula is C17H25N3O4. The summed E-state index contributed by atoms with van der Waals surface area (Å²) in [5.74, 6) is -0.748. The number of ether oxygens (including phenoxy) is 3. The number of fused-ring (bicyclic) bond motifs is 1. The van der Waals surface area contributed by atoms with Crippen LogP contribution in [0, 0.1) is 0 Å². The van der Waals surface area contributed by atoms with Crippen LogP contribution in [0.25, 0.3) is 0 Å². The van der Waals surface area contributed by atoms with Crippen molar-refractivity contribution in [2.75, 3.05) is 24.6 Å². The molecule has 7 heteroatoms. The van der Waals surface area contributed by atoms with Gasteiger partial charge in [-0.25, -0.2) is 0 Å². The molecule has 24 heavy (non-hydrogen) atoms. The van der Waals surface area contributed by atoms with Gasteiger partial charge in [-0.2, -0.15) is 0 Å². The first-order chi connectivity index (χ1) is 11.3. The second-order valence-corrected chi connectivity index (χ2v) is 6.71. The van der Waals surface area contributed by atoms with Crippen molar-refractivity contribution in [2.45, 2.75) is 51.0 Å². The molecule has 0 saturated carbocycles. The van der Waals surface area contributed by atoms with Crippen molar-refractivity contribution in [1.29, 1.82) is 0 Å². The molecule has 3 rings (SSSR count). The van der Waals surface area contributed by atoms with Crippen LogP contribution in [0.2, 0.25) is 0 Å². The molecule has 2 unspecified atom stereocenters. The molecule has 2 heterocycles. The molecule has 2 fully saturated rings. The highest BCUT2D eigenvalue weighted by atomic mass is 16.8. The van der Waals surface area contributed by atoms with Crippen LogP contribution in [0.4, 0.5) is 11.4 Å². The highest BCUT2D eigenvalue weighted by Crippen LogP contribution is 2.38. The Morgan fingerprint density at radius 2 is 2.00 bits per heavy atom. The number of nitrogens with two attached hydrogens (primary N) is 1. The molecule has 7 nitrogen and oxygen atoms in total. The third kappa shape index (κ3) is 3.19. The van der Waals surface area contributed by atoms with Gasteiger partial charge in [0.25, 0.3) is 5.91 Å². The molecule has 2 saturated heterocycles. The van der Waals surface area contributed by atoms with E-state index in [2.05, 4.69) is 10.6 Å². The maximum atomic E-state index is 11.6. The third-order valence-corrected chi connectivity index (χ3v) is 4.42. The summed E-state index contributed by atoms with van der Waals surface area (Å²) in [6, 6.07) is 5.18. The lowest BCUT2D eigenvalue weighted by Crippen LogP contribution is -2.34. The minimum Gasteiger partial charge on any atom is -0.397 e. The van der Waals surface area contributed by atoms with Crippen LogP contribution >= 0.6 is 0 Å². The van der Waals surface area contributed by atoms with Gasteiger partial charge in [0.05, 0.1) is 17.5 Å². The zero-order valence-electron chi connectivity index (χ0n) is 14.5. The third-order valence-electron chi connectivity index (χ3n) is 4.42. The Labute approximate surface area is 141 Å². The van der Waals surface area contributed by atoms with E-state index in [1.165, 1.54) is 0 Å². The fourth-order valence-corrected chi connectivity index (χ4v) is 3.28. The smallest absolute Gasteiger partial charge is 0.251 e. The molecule has 132 valence electrons. The largest absolute Gasteiger partial charge is 0.397 e. The van der Waals surface area contributed by atoms with Gasteiger partial charge in [-0.3, -0.25) is 4.79 Å². The maximum absolute atomic E-state index is 11.6. The summed E-state index contributed by atoms with van der Waals surface area (Å²) >= 11 is 0. The van der Waals surface area contributed by atoms with Gasteiger partial charge in [-0.1, -0.05) is 0 Å². The SMILES string of the molecule is CNC(=O)c1ccc(NCC2O[C@@H](C)C3OC(C)(C)O[C@H]23)c(N)c1. The number of rotatable bonds is 4. The van der Waals surface area contributed by atoms with Crippen molar-refractivity contribution < 1.29 is 19.0 Å². The van der Waals surface area contributed by atoms with Gasteiger partial charge in [0.15, 0.2) is 5.79 Å². The topological polar surface area (TPSA) is 94.8 Å². The van der Waals surface area contributed by atoms with Crippen molar-refractivity contribution in [3.05, 3.63) is 23.8 Å². The first-order valence-electron chi connectivity index (χ1n) is 8.17. The zero-order chi connectivity index (χ0) is 17.5. The quantitative estimate of drug-likeness (QED) is 0.719. The number of nitrogens with one attached hydrogen (secondary N) is 2. The van der Waals surface area contributed by atoms with E-state index in [9.17, 15) is 4.79 Å². The standard InChI is InChI=1S/C17H25N3O4/c1-9-14-15(24-17(2,3)23-14)13(22-9)8-20-12-6-5-10(7-11(12)18)16(21)19-4/h5-7,9,13-15,20H,8,18H2,1-4H3,(H,19,21)/t9-,13?,14?,15+/m0/s1. The summed E-state index contributed by atoms with van der Waals surface area (Å²) < 4.78 is 17.8. The van der Waals surface area contributed by atoms with E-state index < -0.39 is 5.79 Å². The Balaban J connectivity index is 1.65. The average molecular weight is 335 g/mol. The number of carbonyl (C=O) groups excluding carboxylic acids is 1. The number of hydrogen-bond acceptors (Lipinski definition) is 6. The van der Waals surface area contributed by atoms with Crippen molar-refractivity contribution >= 4 is 17.3 Å². The lowest BCUT2D eigenvalue weighted by molar-refractivity contribution is -0.183. The summed E-state index contributed by atoms with van der Waals surface area (Å²) in [6.45, 7) is 6.37. The second-order valence-electron chi connectivity index (χ2n) is 6.71. The minimum atomic E-state index is -0.584. The molecule has 0 spiro atoms. The van der Waals surface area contributed by atoms with Crippen molar-refractivity contribution in [3.8, 4) is 0 Å². The highest BCUT2D eigenvalue weighted by molar-refractivity contribution is 5.95. The van der Waals surface area contributed by atoms with Gasteiger partial charge < -0.3 is 30.6 Å². The average Bonchev–Trinajstić information content (AvgIpc) is 2.99. The number of anilines is 2. The number of carbonyl (C=O) groups is 1. The van der Waals surface area contributed by atoms with Crippen LogP contribution in [0.1, 0.15) is 31.1 Å². The van der Waals surface area contributed by atoms with Crippen molar-refractivity contribution in [3.63, 3.8) is 0 Å². The minimum absolute atomic E-state index is 0.0171. The summed E-state index contributed by atoms with van der Waals surface area (Å²) in [4.78, 5) is 11.6. The Bertz CT molecular complexity index is 634. The Morgan fingerprint density at radius 3 is 2.67 bits per heavy atom. The summed E-state index contributed by atoms with van der Waals surface area (Å²) in [7, 11) is 1.59. The van der Waals surface area contributed by atoms with Gasteiger partial charge >= 0.3 is 0 Å². The molecule has 0 bridgehead atoms. The van der Waals surface area contributed by atoms with E-state index in [4.69, 9.17) is 19.9 Å². The van der Waals surface area contributed by atoms with Gasteiger partial charge in [0.1, 0.15) is 18.3 Å². The molecule has 4 N–H and O–H groups in total. The van der Waals surface area contributed by atoms with Crippen LogP contribution in [-0.2, 0) is 14.2 Å². The van der Waals surface area contributed by atoms with Crippen LogP contribution in [-0.4, -0.2) is 49.7 Å². The lowest BCUT2D eigenvalue weighted by Gasteiger charge is -2.23. The van der Waals surface area contributed by atoms with Crippen LogP contribution < -0.4 is 16.4 Å². The van der Waals surface area contributed by atoms with Gasteiger partial charge in [-0.05, 0) is 39.0 Å². The van der Waals surface area contributed by atoms with Crippen molar-refractivity contribution in [1.82, 2.24) is 5.32 Å². The molecule has 0 radical (unpaired) electrons. The van der Waals surface area contributed by atoms with E-state index in [-0.39, 0.29) is 30.3 Å². The first kappa shape index (κ1) is 17.0. The monoisotopic (exact) mass is 335 g/mol. The van der Waals surface area contributed by atoms with E-state index >= 15 is 0 Å². The fraction of sp³-hybridized carbons (Fsp3) is 0.588. The van der Waals surface area contributed by atoms with Crippen LogP contribution in [0.15, 0.2) is 18.2 Å².